The van der Waals surface area contributed by atoms with Gasteiger partial charge in [-0.25, -0.2) is 9.37 Å². The van der Waals surface area contributed by atoms with E-state index in [-0.39, 0.29) is 17.6 Å². The third-order valence-electron chi connectivity index (χ3n) is 4.58. The topological polar surface area (TPSA) is 70.9 Å². The highest BCUT2D eigenvalue weighted by Crippen LogP contribution is 2.27. The molecule has 2 N–H and O–H groups in total. The summed E-state index contributed by atoms with van der Waals surface area (Å²) in [5.41, 5.74) is 4.67. The summed E-state index contributed by atoms with van der Waals surface area (Å²) < 4.78 is 19.5. The molecule has 0 atom stereocenters. The van der Waals surface area contributed by atoms with E-state index in [0.717, 1.165) is 22.2 Å². The lowest BCUT2D eigenvalue weighted by atomic mass is 10.0. The van der Waals surface area contributed by atoms with Gasteiger partial charge in [-0.2, -0.15) is 0 Å². The van der Waals surface area contributed by atoms with Gasteiger partial charge in [0.1, 0.15) is 11.3 Å². The van der Waals surface area contributed by atoms with E-state index in [1.807, 2.05) is 26.0 Å². The molecule has 0 spiro atoms. The molecular formula is C20H18FN3O2. The lowest BCUT2D eigenvalue weighted by molar-refractivity contribution is 0.0922. The number of H-pyrrole nitrogens is 1. The van der Waals surface area contributed by atoms with E-state index < -0.39 is 0 Å². The van der Waals surface area contributed by atoms with Crippen molar-refractivity contribution >= 4 is 27.9 Å². The molecule has 0 radical (unpaired) electrons. The number of aromatic nitrogens is 2. The van der Waals surface area contributed by atoms with Gasteiger partial charge in [-0.3, -0.25) is 4.79 Å². The fourth-order valence-electron chi connectivity index (χ4n) is 3.30. The summed E-state index contributed by atoms with van der Waals surface area (Å²) in [6.07, 6.45) is 0.585. The summed E-state index contributed by atoms with van der Waals surface area (Å²) >= 11 is 0. The van der Waals surface area contributed by atoms with Crippen molar-refractivity contribution in [1.82, 2.24) is 15.3 Å². The summed E-state index contributed by atoms with van der Waals surface area (Å²) in [5, 5.41) is 3.71. The number of fused-ring (bicyclic) bond motifs is 2. The van der Waals surface area contributed by atoms with E-state index in [4.69, 9.17) is 4.42 Å². The van der Waals surface area contributed by atoms with Crippen LogP contribution in [0.15, 0.2) is 40.8 Å². The standard InChI is InChI=1S/C20H18FN3O2/c1-11-7-8-14(21)18-17(11)13(12(2)23-18)9-10-22-19(25)20-24-15-5-3-4-6-16(15)26-20/h3-8,23H,9-10H2,1-2H3,(H,22,25). The maximum atomic E-state index is 14.0. The van der Waals surface area contributed by atoms with Crippen LogP contribution in [0.1, 0.15) is 27.5 Å². The van der Waals surface area contributed by atoms with Gasteiger partial charge in [0.05, 0.1) is 5.52 Å². The molecule has 4 aromatic rings. The summed E-state index contributed by atoms with van der Waals surface area (Å²) in [4.78, 5) is 19.6. The number of hydrogen-bond acceptors (Lipinski definition) is 3. The molecule has 0 aliphatic heterocycles. The van der Waals surface area contributed by atoms with Crippen molar-refractivity contribution in [2.24, 2.45) is 0 Å². The number of aromatic amines is 1. The number of carbonyl (C=O) groups excluding carboxylic acids is 1. The minimum atomic E-state index is -0.360. The molecular weight excluding hydrogens is 333 g/mol. The van der Waals surface area contributed by atoms with Crippen molar-refractivity contribution in [2.45, 2.75) is 20.3 Å². The van der Waals surface area contributed by atoms with E-state index in [0.29, 0.717) is 29.6 Å². The Bertz CT molecular complexity index is 1090. The average molecular weight is 351 g/mol. The van der Waals surface area contributed by atoms with Crippen molar-refractivity contribution in [3.05, 3.63) is 64.9 Å². The molecule has 4 rings (SSSR count). The van der Waals surface area contributed by atoms with Gasteiger partial charge in [-0.05, 0) is 49.6 Å². The maximum Gasteiger partial charge on any atom is 0.307 e. The van der Waals surface area contributed by atoms with E-state index in [1.165, 1.54) is 6.07 Å². The number of oxazole rings is 1. The Morgan fingerprint density at radius 3 is 2.85 bits per heavy atom. The Kier molecular flexibility index (Phi) is 3.95. The minimum absolute atomic E-state index is 0.0454. The van der Waals surface area contributed by atoms with Gasteiger partial charge in [-0.15, -0.1) is 0 Å². The normalized spacial score (nSPS) is 11.3. The highest BCUT2D eigenvalue weighted by Gasteiger charge is 2.16. The number of nitrogens with zero attached hydrogens (tertiary/aromatic N) is 1. The zero-order valence-electron chi connectivity index (χ0n) is 14.5. The number of para-hydroxylation sites is 2. The molecule has 0 saturated carbocycles. The van der Waals surface area contributed by atoms with Crippen molar-refractivity contribution in [1.29, 1.82) is 0 Å². The number of carbonyl (C=O) groups is 1. The second-order valence-corrected chi connectivity index (χ2v) is 6.34. The summed E-state index contributed by atoms with van der Waals surface area (Å²) in [7, 11) is 0. The highest BCUT2D eigenvalue weighted by molar-refractivity contribution is 5.92. The van der Waals surface area contributed by atoms with E-state index in [1.54, 1.807) is 18.2 Å². The van der Waals surface area contributed by atoms with E-state index >= 15 is 0 Å². The molecule has 2 aromatic carbocycles. The Hall–Kier alpha value is -3.15. The molecule has 2 heterocycles. The molecule has 26 heavy (non-hydrogen) atoms. The Morgan fingerprint density at radius 1 is 1.23 bits per heavy atom. The molecule has 6 heteroatoms. The smallest absolute Gasteiger partial charge is 0.307 e. The first-order valence-electron chi connectivity index (χ1n) is 8.44. The molecule has 0 saturated heterocycles. The van der Waals surface area contributed by atoms with Gasteiger partial charge in [-0.1, -0.05) is 18.2 Å². The number of aryl methyl sites for hydroxylation is 2. The molecule has 0 fully saturated rings. The van der Waals surface area contributed by atoms with Crippen LogP contribution in [-0.4, -0.2) is 22.4 Å². The number of amides is 1. The second kappa shape index (κ2) is 6.29. The zero-order chi connectivity index (χ0) is 18.3. The average Bonchev–Trinajstić information content (AvgIpc) is 3.20. The van der Waals surface area contributed by atoms with Crippen LogP contribution in [0.4, 0.5) is 4.39 Å². The first-order valence-corrected chi connectivity index (χ1v) is 8.44. The highest BCUT2D eigenvalue weighted by atomic mass is 19.1. The summed E-state index contributed by atoms with van der Waals surface area (Å²) in [6.45, 7) is 4.27. The third-order valence-corrected chi connectivity index (χ3v) is 4.58. The fourth-order valence-corrected chi connectivity index (χ4v) is 3.30. The predicted molar refractivity (Wildman–Crippen MR) is 97.8 cm³/mol. The molecule has 1 amide bonds. The molecule has 0 aliphatic rings. The predicted octanol–water partition coefficient (Wildman–Crippen LogP) is 4.04. The van der Waals surface area contributed by atoms with Gasteiger partial charge in [0.25, 0.3) is 5.89 Å². The monoisotopic (exact) mass is 351 g/mol. The minimum Gasteiger partial charge on any atom is -0.432 e. The number of benzene rings is 2. The van der Waals surface area contributed by atoms with Crippen molar-refractivity contribution in [2.75, 3.05) is 6.54 Å². The van der Waals surface area contributed by atoms with Crippen molar-refractivity contribution in [3.8, 4) is 0 Å². The summed E-state index contributed by atoms with van der Waals surface area (Å²) in [5.74, 6) is -0.582. The van der Waals surface area contributed by atoms with Crippen LogP contribution in [0.3, 0.4) is 0 Å². The largest absolute Gasteiger partial charge is 0.432 e. The van der Waals surface area contributed by atoms with E-state index in [9.17, 15) is 9.18 Å². The van der Waals surface area contributed by atoms with Crippen molar-refractivity contribution in [3.63, 3.8) is 0 Å². The SMILES string of the molecule is Cc1[nH]c2c(F)ccc(C)c2c1CCNC(=O)c1nc2ccccc2o1. The molecule has 0 unspecified atom stereocenters. The molecule has 0 bridgehead atoms. The van der Waals surface area contributed by atoms with Gasteiger partial charge in [0, 0.05) is 17.6 Å². The quantitative estimate of drug-likeness (QED) is 0.583. The van der Waals surface area contributed by atoms with Gasteiger partial charge in [0.15, 0.2) is 5.58 Å². The molecule has 132 valence electrons. The first kappa shape index (κ1) is 16.3. The first-order chi connectivity index (χ1) is 12.5. The lowest BCUT2D eigenvalue weighted by Crippen LogP contribution is -2.26. The Morgan fingerprint density at radius 2 is 2.04 bits per heavy atom. The van der Waals surface area contributed by atoms with Crippen LogP contribution >= 0.6 is 0 Å². The number of hydrogen-bond donors (Lipinski definition) is 2. The van der Waals surface area contributed by atoms with Crippen LogP contribution in [0, 0.1) is 19.7 Å². The Balaban J connectivity index is 1.51. The molecule has 5 nitrogen and oxygen atoms in total. The van der Waals surface area contributed by atoms with Crippen LogP contribution in [0.5, 0.6) is 0 Å². The van der Waals surface area contributed by atoms with Gasteiger partial charge >= 0.3 is 5.91 Å². The van der Waals surface area contributed by atoms with Gasteiger partial charge in [0.2, 0.25) is 0 Å². The fraction of sp³-hybridized carbons (Fsp3) is 0.200. The maximum absolute atomic E-state index is 14.0. The third kappa shape index (κ3) is 2.73. The Labute approximate surface area is 149 Å². The van der Waals surface area contributed by atoms with Crippen LogP contribution in [0.2, 0.25) is 0 Å². The zero-order valence-corrected chi connectivity index (χ0v) is 14.5. The lowest BCUT2D eigenvalue weighted by Gasteiger charge is -2.05. The van der Waals surface area contributed by atoms with Crippen LogP contribution < -0.4 is 5.32 Å². The summed E-state index contributed by atoms with van der Waals surface area (Å²) in [6, 6.07) is 10.5. The molecule has 2 aromatic heterocycles. The number of nitrogens with one attached hydrogen (secondary N) is 2. The van der Waals surface area contributed by atoms with Crippen LogP contribution in [-0.2, 0) is 6.42 Å². The number of halogens is 1. The van der Waals surface area contributed by atoms with Crippen LogP contribution in [0.25, 0.3) is 22.0 Å². The van der Waals surface area contributed by atoms with Crippen molar-refractivity contribution < 1.29 is 13.6 Å². The van der Waals surface area contributed by atoms with Gasteiger partial charge < -0.3 is 14.7 Å². The molecule has 0 aliphatic carbocycles. The second-order valence-electron chi connectivity index (χ2n) is 6.34. The van der Waals surface area contributed by atoms with E-state index in [2.05, 4.69) is 15.3 Å². The number of rotatable bonds is 4.